The normalized spacial score (nSPS) is 18.6. The van der Waals surface area contributed by atoms with Gasteiger partial charge in [-0.1, -0.05) is 17.3 Å². The molecule has 1 aliphatic carbocycles. The molecule has 9 heteroatoms. The summed E-state index contributed by atoms with van der Waals surface area (Å²) in [6, 6.07) is 6.38. The maximum atomic E-state index is 13.8. The van der Waals surface area contributed by atoms with Gasteiger partial charge in [-0.2, -0.15) is 4.98 Å². The van der Waals surface area contributed by atoms with Crippen molar-refractivity contribution in [3.8, 4) is 11.4 Å². The third-order valence-electron chi connectivity index (χ3n) is 5.73. The van der Waals surface area contributed by atoms with Crippen molar-refractivity contribution in [2.75, 3.05) is 0 Å². The van der Waals surface area contributed by atoms with Gasteiger partial charge in [-0.25, -0.2) is 4.39 Å². The van der Waals surface area contributed by atoms with Gasteiger partial charge in [0.15, 0.2) is 0 Å². The fourth-order valence-electron chi connectivity index (χ4n) is 3.93. The van der Waals surface area contributed by atoms with Crippen LogP contribution in [-0.4, -0.2) is 36.9 Å². The fourth-order valence-corrected chi connectivity index (χ4v) is 3.93. The molecule has 1 unspecified atom stereocenters. The first-order chi connectivity index (χ1) is 14.7. The molecule has 0 saturated heterocycles. The van der Waals surface area contributed by atoms with E-state index in [4.69, 9.17) is 4.52 Å². The standard InChI is InChI=1S/C21H23FN6O2/c22-16-4-2-1-3-15(16)20-24-19(30-27-20)10-9-18(29)23-14-7-8-17-25-26-21(13-5-6-13)28(17)12-11-14/h1-4,13-14H,5-12H2,(H,23,29). The van der Waals surface area contributed by atoms with E-state index in [-0.39, 0.29) is 29.8 Å². The number of nitrogens with one attached hydrogen (secondary N) is 1. The second kappa shape index (κ2) is 7.97. The Balaban J connectivity index is 1.13. The van der Waals surface area contributed by atoms with Gasteiger partial charge in [0.1, 0.15) is 17.5 Å². The fraction of sp³-hybridized carbons (Fsp3) is 0.476. The van der Waals surface area contributed by atoms with E-state index in [1.165, 1.54) is 18.9 Å². The Labute approximate surface area is 172 Å². The molecular weight excluding hydrogens is 387 g/mol. The Morgan fingerprint density at radius 1 is 1.20 bits per heavy atom. The highest BCUT2D eigenvalue weighted by Gasteiger charge is 2.31. The molecule has 1 amide bonds. The molecule has 1 aromatic carbocycles. The van der Waals surface area contributed by atoms with Gasteiger partial charge < -0.3 is 14.4 Å². The molecule has 1 fully saturated rings. The van der Waals surface area contributed by atoms with Crippen LogP contribution in [0.5, 0.6) is 0 Å². The van der Waals surface area contributed by atoms with Gasteiger partial charge in [-0.15, -0.1) is 10.2 Å². The minimum absolute atomic E-state index is 0.0503. The summed E-state index contributed by atoms with van der Waals surface area (Å²) in [5, 5.41) is 15.6. The maximum absolute atomic E-state index is 13.8. The van der Waals surface area contributed by atoms with Gasteiger partial charge in [0.25, 0.3) is 0 Å². The number of hydrogen-bond acceptors (Lipinski definition) is 6. The van der Waals surface area contributed by atoms with E-state index in [9.17, 15) is 9.18 Å². The number of nitrogens with zero attached hydrogens (tertiary/aromatic N) is 5. The molecule has 5 rings (SSSR count). The van der Waals surface area contributed by atoms with Gasteiger partial charge >= 0.3 is 0 Å². The molecule has 3 heterocycles. The molecule has 2 aliphatic rings. The van der Waals surface area contributed by atoms with Gasteiger partial charge in [0.2, 0.25) is 17.6 Å². The topological polar surface area (TPSA) is 98.7 Å². The third kappa shape index (κ3) is 3.96. The predicted molar refractivity (Wildman–Crippen MR) is 105 cm³/mol. The number of fused-ring (bicyclic) bond motifs is 1. The number of hydrogen-bond donors (Lipinski definition) is 1. The zero-order valence-corrected chi connectivity index (χ0v) is 16.6. The monoisotopic (exact) mass is 410 g/mol. The Morgan fingerprint density at radius 2 is 2.07 bits per heavy atom. The first-order valence-electron chi connectivity index (χ1n) is 10.5. The summed E-state index contributed by atoms with van der Waals surface area (Å²) in [5.74, 6) is 2.77. The minimum Gasteiger partial charge on any atom is -0.353 e. The largest absolute Gasteiger partial charge is 0.353 e. The van der Waals surface area contributed by atoms with Gasteiger partial charge in [-0.3, -0.25) is 4.79 Å². The second-order valence-corrected chi connectivity index (χ2v) is 7.98. The number of carbonyl (C=O) groups excluding carboxylic acids is 1. The van der Waals surface area contributed by atoms with Crippen LogP contribution in [0.4, 0.5) is 4.39 Å². The van der Waals surface area contributed by atoms with Crippen LogP contribution in [0, 0.1) is 5.82 Å². The lowest BCUT2D eigenvalue weighted by Gasteiger charge is -2.16. The van der Waals surface area contributed by atoms with Crippen molar-refractivity contribution in [2.45, 2.75) is 63.5 Å². The van der Waals surface area contributed by atoms with Crippen LogP contribution in [0.1, 0.15) is 55.6 Å². The van der Waals surface area contributed by atoms with Gasteiger partial charge in [0, 0.05) is 37.8 Å². The highest BCUT2D eigenvalue weighted by Crippen LogP contribution is 2.39. The van der Waals surface area contributed by atoms with Crippen LogP contribution in [0.25, 0.3) is 11.4 Å². The lowest BCUT2D eigenvalue weighted by atomic mass is 10.1. The van der Waals surface area contributed by atoms with E-state index >= 15 is 0 Å². The Morgan fingerprint density at radius 3 is 2.90 bits per heavy atom. The van der Waals surface area contributed by atoms with Crippen molar-refractivity contribution in [3.63, 3.8) is 0 Å². The van der Waals surface area contributed by atoms with E-state index < -0.39 is 5.82 Å². The average molecular weight is 410 g/mol. The first kappa shape index (κ1) is 18.9. The number of amides is 1. The van der Waals surface area contributed by atoms with Gasteiger partial charge in [0.05, 0.1) is 5.56 Å². The van der Waals surface area contributed by atoms with Crippen molar-refractivity contribution in [1.29, 1.82) is 0 Å². The van der Waals surface area contributed by atoms with Crippen LogP contribution >= 0.6 is 0 Å². The molecule has 1 saturated carbocycles. The van der Waals surface area contributed by atoms with Crippen molar-refractivity contribution < 1.29 is 13.7 Å². The van der Waals surface area contributed by atoms with Crippen molar-refractivity contribution >= 4 is 5.91 Å². The third-order valence-corrected chi connectivity index (χ3v) is 5.73. The quantitative estimate of drug-likeness (QED) is 0.671. The lowest BCUT2D eigenvalue weighted by molar-refractivity contribution is -0.121. The summed E-state index contributed by atoms with van der Waals surface area (Å²) in [7, 11) is 0. The highest BCUT2D eigenvalue weighted by molar-refractivity contribution is 5.76. The summed E-state index contributed by atoms with van der Waals surface area (Å²) in [6.45, 7) is 0.842. The zero-order chi connectivity index (χ0) is 20.5. The molecule has 3 aromatic rings. The number of halogens is 1. The molecule has 1 N–H and O–H groups in total. The molecule has 0 radical (unpaired) electrons. The Hall–Kier alpha value is -3.10. The van der Waals surface area contributed by atoms with Crippen LogP contribution in [-0.2, 0) is 24.2 Å². The maximum Gasteiger partial charge on any atom is 0.227 e. The zero-order valence-electron chi connectivity index (χ0n) is 16.6. The summed E-state index contributed by atoms with van der Waals surface area (Å²) in [4.78, 5) is 16.6. The van der Waals surface area contributed by atoms with Crippen LogP contribution in [0.3, 0.4) is 0 Å². The molecular formula is C21H23FN6O2. The lowest BCUT2D eigenvalue weighted by Crippen LogP contribution is -2.35. The summed E-state index contributed by atoms with van der Waals surface area (Å²) in [6.07, 6.45) is 5.51. The smallest absolute Gasteiger partial charge is 0.227 e. The molecule has 0 spiro atoms. The summed E-state index contributed by atoms with van der Waals surface area (Å²) < 4.78 is 21.3. The summed E-state index contributed by atoms with van der Waals surface area (Å²) in [5.41, 5.74) is 0.285. The van der Waals surface area contributed by atoms with Crippen LogP contribution in [0.15, 0.2) is 28.8 Å². The van der Waals surface area contributed by atoms with E-state index in [0.717, 1.165) is 37.5 Å². The second-order valence-electron chi connectivity index (χ2n) is 7.98. The Kier molecular flexibility index (Phi) is 5.02. The molecule has 1 aliphatic heterocycles. The number of aromatic nitrogens is 5. The number of carbonyl (C=O) groups is 1. The predicted octanol–water partition coefficient (Wildman–Crippen LogP) is 2.80. The average Bonchev–Trinajstić information content (AvgIpc) is 3.40. The molecule has 0 bridgehead atoms. The Bertz CT molecular complexity index is 1060. The molecule has 156 valence electrons. The number of rotatable bonds is 6. The van der Waals surface area contributed by atoms with E-state index in [2.05, 4.69) is 30.2 Å². The molecule has 1 atom stereocenters. The number of aryl methyl sites for hydroxylation is 2. The van der Waals surface area contributed by atoms with Crippen molar-refractivity contribution in [3.05, 3.63) is 47.6 Å². The molecule has 30 heavy (non-hydrogen) atoms. The minimum atomic E-state index is -0.407. The van der Waals surface area contributed by atoms with Crippen molar-refractivity contribution in [1.82, 2.24) is 30.2 Å². The molecule has 2 aromatic heterocycles. The van der Waals surface area contributed by atoms with Crippen LogP contribution in [0.2, 0.25) is 0 Å². The van der Waals surface area contributed by atoms with E-state index in [0.29, 0.717) is 18.2 Å². The first-order valence-corrected chi connectivity index (χ1v) is 10.5. The SMILES string of the molecule is O=C(CCc1nc(-c2ccccc2F)no1)NC1CCc2nnc(C3CC3)n2CC1. The van der Waals surface area contributed by atoms with E-state index in [1.807, 2.05) is 0 Å². The molecule has 8 nitrogen and oxygen atoms in total. The van der Waals surface area contributed by atoms with Crippen molar-refractivity contribution in [2.24, 2.45) is 0 Å². The van der Waals surface area contributed by atoms with Crippen LogP contribution < -0.4 is 5.32 Å². The van der Waals surface area contributed by atoms with E-state index in [1.54, 1.807) is 18.2 Å². The van der Waals surface area contributed by atoms with Gasteiger partial charge in [-0.05, 0) is 37.8 Å². The number of benzene rings is 1. The highest BCUT2D eigenvalue weighted by atomic mass is 19.1. The summed E-state index contributed by atoms with van der Waals surface area (Å²) >= 11 is 0.